The summed E-state index contributed by atoms with van der Waals surface area (Å²) in [6.07, 6.45) is 0.0142. The van der Waals surface area contributed by atoms with Crippen LogP contribution in [0.5, 0.6) is 0 Å². The Kier molecular flexibility index (Phi) is 11.4. The lowest BCUT2D eigenvalue weighted by atomic mass is 10.1. The maximum Gasteiger partial charge on any atom is 0.326 e. The topological polar surface area (TPSA) is 258 Å². The Morgan fingerprint density at radius 2 is 1.59 bits per heavy atom. The summed E-state index contributed by atoms with van der Waals surface area (Å²) < 4.78 is 0. The number of aliphatic hydroxyl groups is 1. The number of likely N-dealkylation sites (tertiary alicyclic amines) is 1. The molecule has 9 N–H and O–H groups in total. The van der Waals surface area contributed by atoms with Crippen molar-refractivity contribution in [1.29, 1.82) is 0 Å². The van der Waals surface area contributed by atoms with Crippen molar-refractivity contribution in [2.75, 3.05) is 32.8 Å². The number of rotatable bonds is 13. The Morgan fingerprint density at radius 1 is 0.912 bits per heavy atom. The van der Waals surface area contributed by atoms with Crippen LogP contribution in [0.3, 0.4) is 0 Å². The molecule has 1 saturated heterocycles. The molecule has 5 amide bonds. The van der Waals surface area contributed by atoms with E-state index in [-0.39, 0.29) is 6.54 Å². The van der Waals surface area contributed by atoms with Crippen molar-refractivity contribution in [3.05, 3.63) is 0 Å². The highest BCUT2D eigenvalue weighted by molar-refractivity contribution is 5.95. The van der Waals surface area contributed by atoms with Gasteiger partial charge in [-0.2, -0.15) is 0 Å². The lowest BCUT2D eigenvalue weighted by Crippen LogP contribution is -2.56. The highest BCUT2D eigenvalue weighted by Gasteiger charge is 2.34. The Balaban J connectivity index is 2.54. The highest BCUT2D eigenvalue weighted by Crippen LogP contribution is 2.17. The Hall–Kier alpha value is -3.79. The van der Waals surface area contributed by atoms with Crippen LogP contribution in [0.4, 0.5) is 0 Å². The van der Waals surface area contributed by atoms with Gasteiger partial charge in [-0.15, -0.1) is 0 Å². The number of carboxylic acids is 2. The van der Waals surface area contributed by atoms with Crippen LogP contribution in [-0.4, -0.2) is 113 Å². The highest BCUT2D eigenvalue weighted by atomic mass is 16.4. The van der Waals surface area contributed by atoms with Crippen molar-refractivity contribution in [2.24, 2.45) is 5.73 Å². The van der Waals surface area contributed by atoms with E-state index >= 15 is 0 Å². The fraction of sp³-hybridized carbons (Fsp3) is 0.611. The molecule has 3 atom stereocenters. The zero-order chi connectivity index (χ0) is 25.8. The molecule has 0 aromatic heterocycles. The molecule has 0 aromatic carbocycles. The van der Waals surface area contributed by atoms with Gasteiger partial charge < -0.3 is 47.2 Å². The van der Waals surface area contributed by atoms with Crippen molar-refractivity contribution in [3.63, 3.8) is 0 Å². The number of hydrogen-bond donors (Lipinski definition) is 8. The third-order valence-electron chi connectivity index (χ3n) is 4.75. The van der Waals surface area contributed by atoms with E-state index in [1.165, 1.54) is 0 Å². The van der Waals surface area contributed by atoms with E-state index in [1.807, 2.05) is 0 Å². The van der Waals surface area contributed by atoms with Gasteiger partial charge in [-0.25, -0.2) is 4.79 Å². The standard InChI is InChI=1S/C18H28N6O10/c19-5-12(26)22-9(4-15(29)30)17(32)23-10(8-25)16(31)21-6-13(27)20-7-14(28)24-3-1-2-11(24)18(33)34/h9-11,25H,1-8,19H2,(H,20,27)(H,21,31)(H,22,26)(H,23,32)(H,29,30)(H,33,34)/t9-,10-,11-/m0/s1. The molecular weight excluding hydrogens is 460 g/mol. The molecule has 0 saturated carbocycles. The summed E-state index contributed by atoms with van der Waals surface area (Å²) in [5, 5.41) is 35.8. The van der Waals surface area contributed by atoms with Crippen LogP contribution in [0.2, 0.25) is 0 Å². The Morgan fingerprint density at radius 3 is 2.15 bits per heavy atom. The third kappa shape index (κ3) is 8.99. The summed E-state index contributed by atoms with van der Waals surface area (Å²) in [4.78, 5) is 83.0. The molecule has 190 valence electrons. The first-order valence-electron chi connectivity index (χ1n) is 10.2. The van der Waals surface area contributed by atoms with Gasteiger partial charge in [0.2, 0.25) is 29.5 Å². The summed E-state index contributed by atoms with van der Waals surface area (Å²) in [6, 6.07) is -4.10. The van der Waals surface area contributed by atoms with Crippen LogP contribution in [0.1, 0.15) is 19.3 Å². The zero-order valence-electron chi connectivity index (χ0n) is 18.1. The number of nitrogens with two attached hydrogens (primary N) is 1. The fourth-order valence-electron chi connectivity index (χ4n) is 3.05. The second kappa shape index (κ2) is 13.7. The van der Waals surface area contributed by atoms with Gasteiger partial charge in [-0.1, -0.05) is 0 Å². The van der Waals surface area contributed by atoms with Gasteiger partial charge in [0, 0.05) is 6.54 Å². The SMILES string of the molecule is NCC(=O)N[C@@H](CC(=O)O)C(=O)N[C@@H](CO)C(=O)NCC(=O)NCC(=O)N1CCC[C@H]1C(=O)O. The molecule has 1 rings (SSSR count). The average Bonchev–Trinajstić information content (AvgIpc) is 3.28. The molecule has 16 heteroatoms. The molecule has 0 bridgehead atoms. The van der Waals surface area contributed by atoms with E-state index in [9.17, 15) is 38.7 Å². The third-order valence-corrected chi connectivity index (χ3v) is 4.75. The van der Waals surface area contributed by atoms with Crippen LogP contribution in [0.25, 0.3) is 0 Å². The van der Waals surface area contributed by atoms with Crippen molar-refractivity contribution in [2.45, 2.75) is 37.4 Å². The first-order valence-corrected chi connectivity index (χ1v) is 10.2. The number of carboxylic acid groups (broad SMARTS) is 2. The first-order chi connectivity index (χ1) is 16.0. The molecule has 16 nitrogen and oxygen atoms in total. The maximum absolute atomic E-state index is 12.2. The zero-order valence-corrected chi connectivity index (χ0v) is 18.1. The number of amides is 5. The van der Waals surface area contributed by atoms with E-state index in [4.69, 9.17) is 15.9 Å². The molecule has 0 aliphatic carbocycles. The molecule has 0 unspecified atom stereocenters. The van der Waals surface area contributed by atoms with Crippen molar-refractivity contribution in [3.8, 4) is 0 Å². The monoisotopic (exact) mass is 488 g/mol. The molecule has 1 heterocycles. The summed E-state index contributed by atoms with van der Waals surface area (Å²) in [5.41, 5.74) is 5.11. The predicted molar refractivity (Wildman–Crippen MR) is 111 cm³/mol. The fourth-order valence-corrected chi connectivity index (χ4v) is 3.05. The quantitative estimate of drug-likeness (QED) is 0.121. The number of aliphatic hydroxyl groups excluding tert-OH is 1. The number of nitrogens with zero attached hydrogens (tertiary/aromatic N) is 1. The lowest BCUT2D eigenvalue weighted by Gasteiger charge is -2.22. The summed E-state index contributed by atoms with van der Waals surface area (Å²) in [5.74, 6) is -6.86. The minimum absolute atomic E-state index is 0.245. The predicted octanol–water partition coefficient (Wildman–Crippen LogP) is -5.31. The van der Waals surface area contributed by atoms with Gasteiger partial charge in [-0.05, 0) is 12.8 Å². The molecule has 34 heavy (non-hydrogen) atoms. The summed E-state index contributed by atoms with van der Waals surface area (Å²) >= 11 is 0. The normalized spacial score (nSPS) is 16.6. The summed E-state index contributed by atoms with van der Waals surface area (Å²) in [6.45, 7) is -2.30. The number of aliphatic carboxylic acids is 2. The summed E-state index contributed by atoms with van der Waals surface area (Å²) in [7, 11) is 0. The number of hydrogen-bond acceptors (Lipinski definition) is 9. The van der Waals surface area contributed by atoms with Gasteiger partial charge in [0.25, 0.3) is 0 Å². The molecule has 0 radical (unpaired) electrons. The number of nitrogens with one attached hydrogen (secondary N) is 4. The van der Waals surface area contributed by atoms with E-state index in [0.717, 1.165) is 4.90 Å². The van der Waals surface area contributed by atoms with Crippen LogP contribution >= 0.6 is 0 Å². The van der Waals surface area contributed by atoms with Gasteiger partial charge in [-0.3, -0.25) is 28.8 Å². The Labute approximate surface area is 193 Å². The largest absolute Gasteiger partial charge is 0.481 e. The van der Waals surface area contributed by atoms with Gasteiger partial charge in [0.15, 0.2) is 0 Å². The second-order valence-corrected chi connectivity index (χ2v) is 7.24. The number of carbonyl (C=O) groups is 7. The molecule has 1 fully saturated rings. The molecule has 1 aliphatic rings. The first kappa shape index (κ1) is 28.2. The van der Waals surface area contributed by atoms with Crippen molar-refractivity contribution in [1.82, 2.24) is 26.2 Å². The van der Waals surface area contributed by atoms with Crippen molar-refractivity contribution >= 4 is 41.5 Å². The van der Waals surface area contributed by atoms with E-state index in [0.29, 0.717) is 12.8 Å². The molecule has 0 spiro atoms. The molecular formula is C18H28N6O10. The van der Waals surface area contributed by atoms with Gasteiger partial charge in [0.1, 0.15) is 18.1 Å². The van der Waals surface area contributed by atoms with Crippen LogP contribution < -0.4 is 27.0 Å². The lowest BCUT2D eigenvalue weighted by molar-refractivity contribution is -0.148. The van der Waals surface area contributed by atoms with Crippen molar-refractivity contribution < 1.29 is 48.9 Å². The molecule has 0 aromatic rings. The van der Waals surface area contributed by atoms with Gasteiger partial charge >= 0.3 is 11.9 Å². The number of carbonyl (C=O) groups excluding carboxylic acids is 5. The minimum Gasteiger partial charge on any atom is -0.481 e. The van der Waals surface area contributed by atoms with E-state index in [1.54, 1.807) is 0 Å². The smallest absolute Gasteiger partial charge is 0.326 e. The average molecular weight is 488 g/mol. The van der Waals surface area contributed by atoms with E-state index < -0.39 is 92.3 Å². The second-order valence-electron chi connectivity index (χ2n) is 7.24. The maximum atomic E-state index is 12.2. The van der Waals surface area contributed by atoms with Crippen LogP contribution in [0.15, 0.2) is 0 Å². The minimum atomic E-state index is -1.58. The molecule has 1 aliphatic heterocycles. The van der Waals surface area contributed by atoms with Crippen LogP contribution in [0, 0.1) is 0 Å². The Bertz CT molecular complexity index is 819. The van der Waals surface area contributed by atoms with E-state index in [2.05, 4.69) is 21.3 Å². The van der Waals surface area contributed by atoms with Gasteiger partial charge in [0.05, 0.1) is 32.7 Å². The van der Waals surface area contributed by atoms with Crippen LogP contribution in [-0.2, 0) is 33.6 Å².